The number of benzene rings is 1. The second-order valence-electron chi connectivity index (χ2n) is 6.80. The number of methoxy groups -OCH3 is 1. The maximum Gasteiger partial charge on any atom is 0.193 e. The van der Waals surface area contributed by atoms with Crippen LogP contribution in [0.3, 0.4) is 0 Å². The van der Waals surface area contributed by atoms with Crippen molar-refractivity contribution in [2.24, 2.45) is 4.99 Å². The second-order valence-corrected chi connectivity index (χ2v) is 7.96. The topological polar surface area (TPSA) is 46.1 Å². The first-order valence-corrected chi connectivity index (χ1v) is 11.2. The largest absolute Gasteiger partial charge is 0.385 e. The van der Waals surface area contributed by atoms with Gasteiger partial charge in [0.2, 0.25) is 0 Å². The van der Waals surface area contributed by atoms with Gasteiger partial charge in [-0.25, -0.2) is 4.39 Å². The number of hydrogen-bond acceptors (Lipinski definition) is 4. The van der Waals surface area contributed by atoms with Crippen molar-refractivity contribution in [2.45, 2.75) is 43.6 Å². The summed E-state index contributed by atoms with van der Waals surface area (Å²) in [6.45, 7) is 7.26. The molecule has 7 heteroatoms. The van der Waals surface area contributed by atoms with Crippen molar-refractivity contribution >= 4 is 17.7 Å². The van der Waals surface area contributed by atoms with Gasteiger partial charge in [-0.1, -0.05) is 0 Å². The Morgan fingerprint density at radius 2 is 1.96 bits per heavy atom. The molecule has 28 heavy (non-hydrogen) atoms. The lowest BCUT2D eigenvalue weighted by molar-refractivity contribution is 0.00991. The highest BCUT2D eigenvalue weighted by Gasteiger charge is 2.21. The molecule has 0 atom stereocenters. The van der Waals surface area contributed by atoms with Gasteiger partial charge >= 0.3 is 0 Å². The maximum absolute atomic E-state index is 12.9. The van der Waals surface area contributed by atoms with Crippen LogP contribution in [0.15, 0.2) is 34.2 Å². The van der Waals surface area contributed by atoms with Crippen LogP contribution in [0.2, 0.25) is 0 Å². The summed E-state index contributed by atoms with van der Waals surface area (Å²) in [5, 5.41) is 3.41. The number of ether oxygens (including phenoxy) is 2. The standard InChI is InChI=1S/C21H34FN3O2S/c1-3-23-21(24-12-4-17-28-20-8-6-18(22)7-9-20)25-13-10-19(11-14-25)27-16-5-15-26-2/h6-9,19H,3-5,10-17H2,1-2H3,(H,23,24). The molecule has 1 aromatic carbocycles. The Balaban J connectivity index is 1.68. The zero-order chi connectivity index (χ0) is 20.0. The zero-order valence-electron chi connectivity index (χ0n) is 17.2. The summed E-state index contributed by atoms with van der Waals surface area (Å²) in [6, 6.07) is 6.67. The molecule has 1 aliphatic heterocycles. The highest BCUT2D eigenvalue weighted by Crippen LogP contribution is 2.19. The highest BCUT2D eigenvalue weighted by molar-refractivity contribution is 7.99. The van der Waals surface area contributed by atoms with E-state index < -0.39 is 0 Å². The molecular formula is C21H34FN3O2S. The van der Waals surface area contributed by atoms with E-state index in [1.807, 2.05) is 12.1 Å². The molecule has 0 amide bonds. The number of thioether (sulfide) groups is 1. The molecule has 158 valence electrons. The number of likely N-dealkylation sites (tertiary alicyclic amines) is 1. The minimum atomic E-state index is -0.187. The lowest BCUT2D eigenvalue weighted by atomic mass is 10.1. The Hall–Kier alpha value is -1.31. The first-order chi connectivity index (χ1) is 13.7. The van der Waals surface area contributed by atoms with Crippen LogP contribution in [0.1, 0.15) is 32.6 Å². The quantitative estimate of drug-likeness (QED) is 0.260. The summed E-state index contributed by atoms with van der Waals surface area (Å²) in [5.74, 6) is 1.80. The molecule has 0 radical (unpaired) electrons. The van der Waals surface area contributed by atoms with E-state index in [1.165, 1.54) is 12.1 Å². The van der Waals surface area contributed by atoms with Crippen molar-refractivity contribution < 1.29 is 13.9 Å². The molecule has 0 bridgehead atoms. The molecule has 0 unspecified atom stereocenters. The summed E-state index contributed by atoms with van der Waals surface area (Å²) in [5.41, 5.74) is 0. The molecule has 1 aliphatic rings. The molecule has 1 heterocycles. The van der Waals surface area contributed by atoms with Gasteiger partial charge in [0, 0.05) is 51.4 Å². The third kappa shape index (κ3) is 8.80. The molecule has 0 aliphatic carbocycles. The van der Waals surface area contributed by atoms with Crippen LogP contribution in [0, 0.1) is 5.82 Å². The van der Waals surface area contributed by atoms with Gasteiger partial charge in [-0.05, 0) is 62.6 Å². The van der Waals surface area contributed by atoms with Crippen molar-refractivity contribution in [3.8, 4) is 0 Å². The van der Waals surface area contributed by atoms with Crippen LogP contribution < -0.4 is 5.32 Å². The number of rotatable bonds is 11. The van der Waals surface area contributed by atoms with Crippen molar-refractivity contribution in [1.29, 1.82) is 0 Å². The number of nitrogens with one attached hydrogen (secondary N) is 1. The molecule has 1 N–H and O–H groups in total. The fourth-order valence-corrected chi connectivity index (χ4v) is 3.92. The Bertz CT molecular complexity index is 563. The molecule has 5 nitrogen and oxygen atoms in total. The average Bonchev–Trinajstić information content (AvgIpc) is 2.72. The molecule has 0 saturated carbocycles. The number of guanidine groups is 1. The predicted octanol–water partition coefficient (Wildman–Crippen LogP) is 3.79. The maximum atomic E-state index is 12.9. The summed E-state index contributed by atoms with van der Waals surface area (Å²) in [6.07, 6.45) is 4.38. The Labute approximate surface area is 173 Å². The van der Waals surface area contributed by atoms with Crippen LogP contribution in [-0.2, 0) is 9.47 Å². The van der Waals surface area contributed by atoms with Gasteiger partial charge in [-0.3, -0.25) is 4.99 Å². The average molecular weight is 412 g/mol. The van der Waals surface area contributed by atoms with Crippen LogP contribution in [0.4, 0.5) is 4.39 Å². The van der Waals surface area contributed by atoms with E-state index in [4.69, 9.17) is 14.5 Å². The summed E-state index contributed by atoms with van der Waals surface area (Å²) < 4.78 is 23.9. The van der Waals surface area contributed by atoms with Gasteiger partial charge in [0.05, 0.1) is 6.10 Å². The van der Waals surface area contributed by atoms with Crippen molar-refractivity contribution in [2.75, 3.05) is 52.3 Å². The van der Waals surface area contributed by atoms with Crippen LogP contribution in [0.25, 0.3) is 0 Å². The van der Waals surface area contributed by atoms with Gasteiger partial charge in [-0.2, -0.15) is 0 Å². The number of hydrogen-bond donors (Lipinski definition) is 1. The molecule has 0 aromatic heterocycles. The minimum absolute atomic E-state index is 0.187. The van der Waals surface area contributed by atoms with Crippen LogP contribution >= 0.6 is 11.8 Å². The van der Waals surface area contributed by atoms with Crippen molar-refractivity contribution in [1.82, 2.24) is 10.2 Å². The SMILES string of the molecule is CCNC(=NCCCSc1ccc(F)cc1)N1CCC(OCCCOC)CC1. The van der Waals surface area contributed by atoms with Gasteiger partial charge in [0.1, 0.15) is 5.82 Å². The molecule has 1 fully saturated rings. The highest BCUT2D eigenvalue weighted by atomic mass is 32.2. The van der Waals surface area contributed by atoms with Crippen molar-refractivity contribution in [3.05, 3.63) is 30.1 Å². The lowest BCUT2D eigenvalue weighted by Gasteiger charge is -2.34. The van der Waals surface area contributed by atoms with Crippen LogP contribution in [-0.4, -0.2) is 69.2 Å². The number of halogens is 1. The monoisotopic (exact) mass is 411 g/mol. The van der Waals surface area contributed by atoms with Gasteiger partial charge < -0.3 is 19.7 Å². The first kappa shape index (κ1) is 23.0. The zero-order valence-corrected chi connectivity index (χ0v) is 18.0. The minimum Gasteiger partial charge on any atom is -0.385 e. The van der Waals surface area contributed by atoms with E-state index >= 15 is 0 Å². The summed E-state index contributed by atoms with van der Waals surface area (Å²) in [4.78, 5) is 8.24. The number of aliphatic imine (C=N–C) groups is 1. The number of piperidine rings is 1. The lowest BCUT2D eigenvalue weighted by Crippen LogP contribution is -2.47. The molecule has 1 aromatic rings. The van der Waals surface area contributed by atoms with Gasteiger partial charge in [0.25, 0.3) is 0 Å². The van der Waals surface area contributed by atoms with E-state index in [-0.39, 0.29) is 5.82 Å². The molecule has 0 spiro atoms. The van der Waals surface area contributed by atoms with Crippen molar-refractivity contribution in [3.63, 3.8) is 0 Å². The molecule has 1 saturated heterocycles. The Morgan fingerprint density at radius 3 is 2.64 bits per heavy atom. The normalized spacial score (nSPS) is 15.8. The summed E-state index contributed by atoms with van der Waals surface area (Å²) in [7, 11) is 1.72. The molecular weight excluding hydrogens is 377 g/mol. The smallest absolute Gasteiger partial charge is 0.193 e. The Kier molecular flexibility index (Phi) is 11.3. The summed E-state index contributed by atoms with van der Waals surface area (Å²) >= 11 is 1.75. The van der Waals surface area contributed by atoms with Crippen LogP contribution in [0.5, 0.6) is 0 Å². The molecule has 2 rings (SSSR count). The van der Waals surface area contributed by atoms with E-state index in [1.54, 1.807) is 18.9 Å². The third-order valence-electron chi connectivity index (χ3n) is 4.57. The van der Waals surface area contributed by atoms with E-state index in [9.17, 15) is 4.39 Å². The number of nitrogens with zero attached hydrogens (tertiary/aromatic N) is 2. The second kappa shape index (κ2) is 13.8. The van der Waals surface area contributed by atoms with Gasteiger partial charge in [-0.15, -0.1) is 11.8 Å². The third-order valence-corrected chi connectivity index (χ3v) is 5.67. The van der Waals surface area contributed by atoms with E-state index in [2.05, 4.69) is 17.1 Å². The predicted molar refractivity (Wildman–Crippen MR) is 115 cm³/mol. The Morgan fingerprint density at radius 1 is 1.21 bits per heavy atom. The fourth-order valence-electron chi connectivity index (χ4n) is 3.08. The van der Waals surface area contributed by atoms with Gasteiger partial charge in [0.15, 0.2) is 5.96 Å². The fraction of sp³-hybridized carbons (Fsp3) is 0.667. The van der Waals surface area contributed by atoms with E-state index in [0.717, 1.165) is 81.7 Å². The van der Waals surface area contributed by atoms with E-state index in [0.29, 0.717) is 6.10 Å². The first-order valence-electron chi connectivity index (χ1n) is 10.2.